The molecule has 2 aromatic carbocycles. The van der Waals surface area contributed by atoms with E-state index < -0.39 is 0 Å². The summed E-state index contributed by atoms with van der Waals surface area (Å²) in [5, 5.41) is 2.72. The van der Waals surface area contributed by atoms with E-state index in [1.165, 1.54) is 4.90 Å². The molecular weight excluding hydrogens is 308 g/mol. The SMILES string of the molecule is COc1cccc(NC(=O)CN(C)C(=O)COc2ccccc2)c1. The van der Waals surface area contributed by atoms with Crippen molar-refractivity contribution in [1.29, 1.82) is 0 Å². The maximum Gasteiger partial charge on any atom is 0.260 e. The third kappa shape index (κ3) is 5.31. The summed E-state index contributed by atoms with van der Waals surface area (Å²) < 4.78 is 10.5. The first-order valence-corrected chi connectivity index (χ1v) is 7.44. The Balaban J connectivity index is 1.80. The second-order valence-electron chi connectivity index (χ2n) is 5.13. The molecule has 0 fully saturated rings. The highest BCUT2D eigenvalue weighted by atomic mass is 16.5. The topological polar surface area (TPSA) is 67.9 Å². The molecular formula is C18H20N2O4. The number of nitrogens with zero attached hydrogens (tertiary/aromatic N) is 1. The fourth-order valence-electron chi connectivity index (χ4n) is 1.98. The number of carbonyl (C=O) groups excluding carboxylic acids is 2. The lowest BCUT2D eigenvalue weighted by Crippen LogP contribution is -2.37. The van der Waals surface area contributed by atoms with Gasteiger partial charge in [0.1, 0.15) is 11.5 Å². The molecule has 0 heterocycles. The van der Waals surface area contributed by atoms with Crippen molar-refractivity contribution in [3.05, 3.63) is 54.6 Å². The van der Waals surface area contributed by atoms with E-state index in [0.29, 0.717) is 17.2 Å². The standard InChI is InChI=1S/C18H20N2O4/c1-20(18(22)13-24-15-8-4-3-5-9-15)12-17(21)19-14-7-6-10-16(11-14)23-2/h3-11H,12-13H2,1-2H3,(H,19,21). The molecule has 2 amide bonds. The average molecular weight is 328 g/mol. The number of amides is 2. The van der Waals surface area contributed by atoms with E-state index in [9.17, 15) is 9.59 Å². The number of carbonyl (C=O) groups is 2. The molecule has 6 heteroatoms. The summed E-state index contributed by atoms with van der Waals surface area (Å²) in [5.41, 5.74) is 0.612. The molecule has 6 nitrogen and oxygen atoms in total. The van der Waals surface area contributed by atoms with Crippen molar-refractivity contribution in [1.82, 2.24) is 4.90 Å². The van der Waals surface area contributed by atoms with Crippen LogP contribution in [-0.4, -0.2) is 44.0 Å². The number of likely N-dealkylation sites (N-methyl/N-ethyl adjacent to an activating group) is 1. The molecule has 126 valence electrons. The average Bonchev–Trinajstić information content (AvgIpc) is 2.60. The van der Waals surface area contributed by atoms with Gasteiger partial charge in [-0.25, -0.2) is 0 Å². The summed E-state index contributed by atoms with van der Waals surface area (Å²) in [6.45, 7) is -0.179. The fourth-order valence-corrected chi connectivity index (χ4v) is 1.98. The van der Waals surface area contributed by atoms with E-state index in [0.717, 1.165) is 0 Å². The van der Waals surface area contributed by atoms with Crippen LogP contribution in [0.1, 0.15) is 0 Å². The van der Waals surface area contributed by atoms with Gasteiger partial charge in [-0.15, -0.1) is 0 Å². The highest BCUT2D eigenvalue weighted by Crippen LogP contribution is 2.16. The van der Waals surface area contributed by atoms with Crippen molar-refractivity contribution in [3.8, 4) is 11.5 Å². The molecule has 2 aromatic rings. The molecule has 0 saturated carbocycles. The predicted octanol–water partition coefficient (Wildman–Crippen LogP) is 2.17. The van der Waals surface area contributed by atoms with Gasteiger partial charge in [0.05, 0.1) is 13.7 Å². The smallest absolute Gasteiger partial charge is 0.260 e. The fraction of sp³-hybridized carbons (Fsp3) is 0.222. The number of rotatable bonds is 7. The van der Waals surface area contributed by atoms with Crippen LogP contribution in [0.4, 0.5) is 5.69 Å². The van der Waals surface area contributed by atoms with Crippen LogP contribution >= 0.6 is 0 Å². The second kappa shape index (κ2) is 8.57. The molecule has 0 aliphatic carbocycles. The van der Waals surface area contributed by atoms with Crippen molar-refractivity contribution in [2.24, 2.45) is 0 Å². The largest absolute Gasteiger partial charge is 0.497 e. The summed E-state index contributed by atoms with van der Waals surface area (Å²) in [6, 6.07) is 16.1. The Labute approximate surface area is 141 Å². The monoisotopic (exact) mass is 328 g/mol. The van der Waals surface area contributed by atoms with E-state index in [4.69, 9.17) is 9.47 Å². The molecule has 0 atom stereocenters. The molecule has 0 aliphatic rings. The highest BCUT2D eigenvalue weighted by Gasteiger charge is 2.14. The van der Waals surface area contributed by atoms with Crippen LogP contribution in [0.2, 0.25) is 0 Å². The van der Waals surface area contributed by atoms with E-state index in [1.54, 1.807) is 50.6 Å². The Morgan fingerprint density at radius 1 is 1.04 bits per heavy atom. The number of ether oxygens (including phenoxy) is 2. The van der Waals surface area contributed by atoms with Gasteiger partial charge in [0, 0.05) is 18.8 Å². The molecule has 0 bridgehead atoms. The van der Waals surface area contributed by atoms with Crippen molar-refractivity contribution >= 4 is 17.5 Å². The summed E-state index contributed by atoms with van der Waals surface area (Å²) >= 11 is 0. The number of methoxy groups -OCH3 is 1. The van der Waals surface area contributed by atoms with Gasteiger partial charge in [0.2, 0.25) is 5.91 Å². The van der Waals surface area contributed by atoms with Gasteiger partial charge in [-0.05, 0) is 24.3 Å². The maximum absolute atomic E-state index is 12.0. The lowest BCUT2D eigenvalue weighted by molar-refractivity contribution is -0.135. The molecule has 24 heavy (non-hydrogen) atoms. The van der Waals surface area contributed by atoms with E-state index in [1.807, 2.05) is 18.2 Å². The maximum atomic E-state index is 12.0. The number of nitrogens with one attached hydrogen (secondary N) is 1. The predicted molar refractivity (Wildman–Crippen MR) is 91.2 cm³/mol. The first-order chi connectivity index (χ1) is 11.6. The molecule has 0 unspecified atom stereocenters. The Kier molecular flexibility index (Phi) is 6.19. The van der Waals surface area contributed by atoms with E-state index in [-0.39, 0.29) is 25.0 Å². The molecule has 0 aliphatic heterocycles. The minimum absolute atomic E-state index is 0.0613. The molecule has 2 rings (SSSR count). The minimum Gasteiger partial charge on any atom is -0.497 e. The van der Waals surface area contributed by atoms with Crippen LogP contribution in [-0.2, 0) is 9.59 Å². The number of benzene rings is 2. The van der Waals surface area contributed by atoms with Crippen LogP contribution in [0.5, 0.6) is 11.5 Å². The van der Waals surface area contributed by atoms with Gasteiger partial charge >= 0.3 is 0 Å². The third-order valence-corrected chi connectivity index (χ3v) is 3.27. The zero-order chi connectivity index (χ0) is 17.4. The van der Waals surface area contributed by atoms with Gasteiger partial charge < -0.3 is 19.7 Å². The van der Waals surface area contributed by atoms with Crippen molar-refractivity contribution in [2.45, 2.75) is 0 Å². The molecule has 0 spiro atoms. The molecule has 1 N–H and O–H groups in total. The Morgan fingerprint density at radius 2 is 1.75 bits per heavy atom. The molecule has 0 radical (unpaired) electrons. The summed E-state index contributed by atoms with van der Waals surface area (Å²) in [4.78, 5) is 25.3. The second-order valence-corrected chi connectivity index (χ2v) is 5.13. The first kappa shape index (κ1) is 17.3. The summed E-state index contributed by atoms with van der Waals surface area (Å²) in [5.74, 6) is 0.687. The molecule has 0 aromatic heterocycles. The van der Waals surface area contributed by atoms with Crippen molar-refractivity contribution in [3.63, 3.8) is 0 Å². The van der Waals surface area contributed by atoms with Gasteiger partial charge in [-0.1, -0.05) is 24.3 Å². The normalized spacial score (nSPS) is 9.92. The van der Waals surface area contributed by atoms with E-state index in [2.05, 4.69) is 5.32 Å². The van der Waals surface area contributed by atoms with Crippen LogP contribution in [0.3, 0.4) is 0 Å². The van der Waals surface area contributed by atoms with Gasteiger partial charge in [0.15, 0.2) is 6.61 Å². The van der Waals surface area contributed by atoms with Crippen molar-refractivity contribution < 1.29 is 19.1 Å². The van der Waals surface area contributed by atoms with Crippen molar-refractivity contribution in [2.75, 3.05) is 32.6 Å². The van der Waals surface area contributed by atoms with Crippen LogP contribution in [0.15, 0.2) is 54.6 Å². The van der Waals surface area contributed by atoms with Gasteiger partial charge in [-0.2, -0.15) is 0 Å². The van der Waals surface area contributed by atoms with Gasteiger partial charge in [0.25, 0.3) is 5.91 Å². The number of anilines is 1. The third-order valence-electron chi connectivity index (χ3n) is 3.27. The number of para-hydroxylation sites is 1. The lowest BCUT2D eigenvalue weighted by atomic mass is 10.3. The van der Waals surface area contributed by atoms with Crippen LogP contribution in [0.25, 0.3) is 0 Å². The van der Waals surface area contributed by atoms with Crippen LogP contribution in [0, 0.1) is 0 Å². The lowest BCUT2D eigenvalue weighted by Gasteiger charge is -2.17. The first-order valence-electron chi connectivity index (χ1n) is 7.44. The Hall–Kier alpha value is -3.02. The zero-order valence-electron chi connectivity index (χ0n) is 13.7. The van der Waals surface area contributed by atoms with E-state index >= 15 is 0 Å². The Bertz CT molecular complexity index is 688. The Morgan fingerprint density at radius 3 is 2.46 bits per heavy atom. The quantitative estimate of drug-likeness (QED) is 0.846. The number of hydrogen-bond donors (Lipinski definition) is 1. The van der Waals surface area contributed by atoms with Crippen LogP contribution < -0.4 is 14.8 Å². The highest BCUT2D eigenvalue weighted by molar-refractivity contribution is 5.94. The number of hydrogen-bond acceptors (Lipinski definition) is 4. The summed E-state index contributed by atoms with van der Waals surface area (Å²) in [6.07, 6.45) is 0. The zero-order valence-corrected chi connectivity index (χ0v) is 13.7. The van der Waals surface area contributed by atoms with Gasteiger partial charge in [-0.3, -0.25) is 9.59 Å². The summed E-state index contributed by atoms with van der Waals surface area (Å²) in [7, 11) is 3.11. The molecule has 0 saturated heterocycles. The minimum atomic E-state index is -0.293.